The van der Waals surface area contributed by atoms with Crippen LogP contribution in [0.4, 0.5) is 0 Å². The Labute approximate surface area is 143 Å². The van der Waals surface area contributed by atoms with E-state index in [2.05, 4.69) is 61.7 Å². The van der Waals surface area contributed by atoms with Crippen molar-refractivity contribution in [3.8, 4) is 11.5 Å². The molecule has 0 aromatic heterocycles. The molecule has 3 heteroatoms. The lowest BCUT2D eigenvalue weighted by atomic mass is 10.1. The number of allylic oxidation sites excluding steroid dienone is 1. The van der Waals surface area contributed by atoms with Crippen LogP contribution < -0.4 is 9.47 Å². The molecule has 0 saturated heterocycles. The van der Waals surface area contributed by atoms with E-state index in [1.165, 1.54) is 5.56 Å². The normalized spacial score (nSPS) is 12.8. The molecule has 0 N–H and O–H groups in total. The molecule has 1 heterocycles. The van der Waals surface area contributed by atoms with Crippen molar-refractivity contribution < 1.29 is 9.47 Å². The highest BCUT2D eigenvalue weighted by atomic mass is 16.7. The molecule has 0 fully saturated rings. The van der Waals surface area contributed by atoms with Gasteiger partial charge < -0.3 is 14.4 Å². The number of rotatable bonds is 6. The lowest BCUT2D eigenvalue weighted by Crippen LogP contribution is -2.28. The van der Waals surface area contributed by atoms with Gasteiger partial charge in [0, 0.05) is 18.3 Å². The van der Waals surface area contributed by atoms with Crippen molar-refractivity contribution in [1.82, 2.24) is 4.90 Å². The van der Waals surface area contributed by atoms with Crippen LogP contribution in [0.1, 0.15) is 25.0 Å². The molecule has 0 unspecified atom stereocenters. The number of hydrogen-bond donors (Lipinski definition) is 0. The Balaban J connectivity index is 1.71. The zero-order valence-electron chi connectivity index (χ0n) is 14.2. The molecule has 0 bridgehead atoms. The molecule has 0 amide bonds. The standard InChI is InChI=1S/C21H23NO2/c1-16(2)22(14-19-7-5-4-6-8-19)17(3)9-10-18-11-12-20-21(13-18)24-15-23-20/h4-13,16H,3,14-15H2,1-2H3/b10-9+. The molecule has 1 aliphatic heterocycles. The molecule has 124 valence electrons. The summed E-state index contributed by atoms with van der Waals surface area (Å²) >= 11 is 0. The van der Waals surface area contributed by atoms with Gasteiger partial charge in [-0.3, -0.25) is 0 Å². The predicted molar refractivity (Wildman–Crippen MR) is 97.9 cm³/mol. The van der Waals surface area contributed by atoms with Gasteiger partial charge in [-0.25, -0.2) is 0 Å². The Bertz CT molecular complexity index is 735. The van der Waals surface area contributed by atoms with Crippen LogP contribution in [0, 0.1) is 0 Å². The quantitative estimate of drug-likeness (QED) is 0.710. The fourth-order valence-corrected chi connectivity index (χ4v) is 2.70. The summed E-state index contributed by atoms with van der Waals surface area (Å²) in [6, 6.07) is 16.8. The number of nitrogens with zero attached hydrogens (tertiary/aromatic N) is 1. The number of ether oxygens (including phenoxy) is 2. The second-order valence-corrected chi connectivity index (χ2v) is 6.14. The van der Waals surface area contributed by atoms with Crippen molar-refractivity contribution in [2.24, 2.45) is 0 Å². The van der Waals surface area contributed by atoms with Crippen LogP contribution in [0.3, 0.4) is 0 Å². The van der Waals surface area contributed by atoms with Gasteiger partial charge in [-0.1, -0.05) is 49.1 Å². The Morgan fingerprint density at radius 2 is 1.88 bits per heavy atom. The fourth-order valence-electron chi connectivity index (χ4n) is 2.70. The van der Waals surface area contributed by atoms with Crippen LogP contribution in [-0.4, -0.2) is 17.7 Å². The zero-order chi connectivity index (χ0) is 16.9. The van der Waals surface area contributed by atoms with Gasteiger partial charge in [0.05, 0.1) is 0 Å². The summed E-state index contributed by atoms with van der Waals surface area (Å²) in [5, 5.41) is 0. The highest BCUT2D eigenvalue weighted by Crippen LogP contribution is 2.33. The summed E-state index contributed by atoms with van der Waals surface area (Å²) in [6.07, 6.45) is 4.12. The van der Waals surface area contributed by atoms with E-state index in [0.29, 0.717) is 12.8 Å². The van der Waals surface area contributed by atoms with Gasteiger partial charge in [0.25, 0.3) is 0 Å². The summed E-state index contributed by atoms with van der Waals surface area (Å²) in [5.74, 6) is 1.60. The second kappa shape index (κ2) is 7.26. The van der Waals surface area contributed by atoms with E-state index in [4.69, 9.17) is 9.47 Å². The van der Waals surface area contributed by atoms with E-state index >= 15 is 0 Å². The largest absolute Gasteiger partial charge is 0.454 e. The van der Waals surface area contributed by atoms with Crippen molar-refractivity contribution in [3.63, 3.8) is 0 Å². The summed E-state index contributed by atoms with van der Waals surface area (Å²) in [6.45, 7) is 9.76. The molecule has 3 rings (SSSR count). The smallest absolute Gasteiger partial charge is 0.231 e. The Kier molecular flexibility index (Phi) is 4.90. The monoisotopic (exact) mass is 321 g/mol. The van der Waals surface area contributed by atoms with Gasteiger partial charge in [-0.05, 0) is 43.2 Å². The molecule has 0 atom stereocenters. The van der Waals surface area contributed by atoms with Gasteiger partial charge in [0.2, 0.25) is 6.79 Å². The average molecular weight is 321 g/mol. The first-order chi connectivity index (χ1) is 11.6. The number of benzene rings is 2. The molecule has 0 saturated carbocycles. The van der Waals surface area contributed by atoms with Crippen molar-refractivity contribution in [2.75, 3.05) is 6.79 Å². The molecule has 0 spiro atoms. The van der Waals surface area contributed by atoms with Gasteiger partial charge in [0.1, 0.15) is 0 Å². The maximum absolute atomic E-state index is 5.42. The topological polar surface area (TPSA) is 21.7 Å². The van der Waals surface area contributed by atoms with Crippen LogP contribution in [-0.2, 0) is 6.54 Å². The average Bonchev–Trinajstić information content (AvgIpc) is 3.06. The minimum absolute atomic E-state index is 0.299. The third-order valence-electron chi connectivity index (χ3n) is 4.05. The minimum Gasteiger partial charge on any atom is -0.454 e. The molecular weight excluding hydrogens is 298 g/mol. The highest BCUT2D eigenvalue weighted by Gasteiger charge is 2.13. The number of hydrogen-bond acceptors (Lipinski definition) is 3. The Morgan fingerprint density at radius 3 is 2.62 bits per heavy atom. The van der Waals surface area contributed by atoms with E-state index in [1.807, 2.05) is 24.3 Å². The first kappa shape index (κ1) is 16.2. The maximum atomic E-state index is 5.42. The molecule has 0 radical (unpaired) electrons. The molecule has 2 aromatic rings. The van der Waals surface area contributed by atoms with Crippen LogP contribution >= 0.6 is 0 Å². The van der Waals surface area contributed by atoms with E-state index in [1.54, 1.807) is 0 Å². The summed E-state index contributed by atoms with van der Waals surface area (Å²) < 4.78 is 10.8. The molecule has 2 aromatic carbocycles. The van der Waals surface area contributed by atoms with Gasteiger partial charge in [-0.2, -0.15) is 0 Å². The van der Waals surface area contributed by atoms with Crippen LogP contribution in [0.5, 0.6) is 11.5 Å². The van der Waals surface area contributed by atoms with Crippen molar-refractivity contribution in [1.29, 1.82) is 0 Å². The maximum Gasteiger partial charge on any atom is 0.231 e. The summed E-state index contributed by atoms with van der Waals surface area (Å²) in [4.78, 5) is 2.29. The van der Waals surface area contributed by atoms with E-state index in [-0.39, 0.29) is 0 Å². The fraction of sp³-hybridized carbons (Fsp3) is 0.238. The van der Waals surface area contributed by atoms with E-state index in [0.717, 1.165) is 29.3 Å². The van der Waals surface area contributed by atoms with Gasteiger partial charge >= 0.3 is 0 Å². The molecule has 24 heavy (non-hydrogen) atoms. The SMILES string of the molecule is C=C(/C=C/c1ccc2c(c1)OCO2)N(Cc1ccccc1)C(C)C. The molecule has 3 nitrogen and oxygen atoms in total. The van der Waals surface area contributed by atoms with Gasteiger partial charge in [-0.15, -0.1) is 0 Å². The Morgan fingerprint density at radius 1 is 1.12 bits per heavy atom. The summed E-state index contributed by atoms with van der Waals surface area (Å²) in [5.41, 5.74) is 3.35. The van der Waals surface area contributed by atoms with Crippen molar-refractivity contribution in [2.45, 2.75) is 26.4 Å². The van der Waals surface area contributed by atoms with Crippen LogP contribution in [0.2, 0.25) is 0 Å². The summed E-state index contributed by atoms with van der Waals surface area (Å²) in [7, 11) is 0. The highest BCUT2D eigenvalue weighted by molar-refractivity contribution is 5.58. The van der Waals surface area contributed by atoms with Crippen molar-refractivity contribution in [3.05, 3.63) is 78.0 Å². The third kappa shape index (κ3) is 3.80. The second-order valence-electron chi connectivity index (χ2n) is 6.14. The van der Waals surface area contributed by atoms with Crippen molar-refractivity contribution >= 4 is 6.08 Å². The number of fused-ring (bicyclic) bond motifs is 1. The van der Waals surface area contributed by atoms with E-state index < -0.39 is 0 Å². The molecular formula is C21H23NO2. The molecule has 0 aliphatic carbocycles. The zero-order valence-corrected chi connectivity index (χ0v) is 14.2. The predicted octanol–water partition coefficient (Wildman–Crippen LogP) is 4.85. The van der Waals surface area contributed by atoms with E-state index in [9.17, 15) is 0 Å². The Hall–Kier alpha value is -2.68. The first-order valence-corrected chi connectivity index (χ1v) is 8.20. The third-order valence-corrected chi connectivity index (χ3v) is 4.05. The lowest BCUT2D eigenvalue weighted by molar-refractivity contribution is 0.174. The molecule has 1 aliphatic rings. The van der Waals surface area contributed by atoms with Crippen LogP contribution in [0.25, 0.3) is 6.08 Å². The first-order valence-electron chi connectivity index (χ1n) is 8.20. The van der Waals surface area contributed by atoms with Gasteiger partial charge in [0.15, 0.2) is 11.5 Å². The minimum atomic E-state index is 0.299. The lowest BCUT2D eigenvalue weighted by Gasteiger charge is -2.29. The van der Waals surface area contributed by atoms with Crippen LogP contribution in [0.15, 0.2) is 66.9 Å².